The van der Waals surface area contributed by atoms with Gasteiger partial charge in [0.2, 0.25) is 0 Å². The Kier molecular flexibility index (Phi) is 3.91. The highest BCUT2D eigenvalue weighted by Gasteiger charge is 2.18. The maximum Gasteiger partial charge on any atom is 0.172 e. The highest BCUT2D eigenvalue weighted by molar-refractivity contribution is 5.94. The molecule has 4 aromatic rings. The lowest BCUT2D eigenvalue weighted by molar-refractivity contribution is 0.356. The highest BCUT2D eigenvalue weighted by atomic mass is 19.1. The van der Waals surface area contributed by atoms with Crippen molar-refractivity contribution in [2.45, 2.75) is 13.3 Å². The number of methoxy groups -OCH3 is 2. The second-order valence-electron chi connectivity index (χ2n) is 5.80. The molecule has 0 spiro atoms. The van der Waals surface area contributed by atoms with Crippen LogP contribution in [0.4, 0.5) is 4.39 Å². The molecule has 0 aliphatic rings. The quantitative estimate of drug-likeness (QED) is 0.561. The van der Waals surface area contributed by atoms with E-state index in [4.69, 9.17) is 14.5 Å². The van der Waals surface area contributed by atoms with Crippen molar-refractivity contribution in [1.29, 1.82) is 0 Å². The van der Waals surface area contributed by atoms with Gasteiger partial charge in [0.25, 0.3) is 0 Å². The molecule has 6 nitrogen and oxygen atoms in total. The molecule has 4 rings (SSSR count). The number of rotatable bonds is 4. The van der Waals surface area contributed by atoms with Crippen LogP contribution in [0.5, 0.6) is 11.5 Å². The van der Waals surface area contributed by atoms with E-state index in [2.05, 4.69) is 10.2 Å². The summed E-state index contributed by atoms with van der Waals surface area (Å²) in [6, 6.07) is 9.86. The van der Waals surface area contributed by atoms with E-state index in [0.717, 1.165) is 22.3 Å². The number of nitrogens with zero attached hydrogens (tertiary/aromatic N) is 4. The van der Waals surface area contributed by atoms with Crippen LogP contribution in [0.25, 0.3) is 27.9 Å². The standard InChI is InChI=1S/C19H17FN4O2/c1-4-17-21-14-10-16(26-3)15(25-2)9-13(14)19-23-22-18(24(17)19)11-5-7-12(20)8-6-11/h5-10H,4H2,1-3H3. The van der Waals surface area contributed by atoms with Crippen LogP contribution >= 0.6 is 0 Å². The van der Waals surface area contributed by atoms with Crippen LogP contribution in [0.1, 0.15) is 12.7 Å². The van der Waals surface area contributed by atoms with Crippen LogP contribution in [0.15, 0.2) is 36.4 Å². The van der Waals surface area contributed by atoms with E-state index >= 15 is 0 Å². The third kappa shape index (κ3) is 2.44. The fraction of sp³-hybridized carbons (Fsp3) is 0.211. The third-order valence-electron chi connectivity index (χ3n) is 4.33. The molecule has 0 aliphatic heterocycles. The van der Waals surface area contributed by atoms with Gasteiger partial charge in [-0.05, 0) is 30.3 Å². The van der Waals surface area contributed by atoms with Crippen molar-refractivity contribution in [3.63, 3.8) is 0 Å². The van der Waals surface area contributed by atoms with Gasteiger partial charge in [0, 0.05) is 23.4 Å². The molecule has 0 atom stereocenters. The zero-order valence-electron chi connectivity index (χ0n) is 14.7. The molecule has 0 aliphatic carbocycles. The minimum atomic E-state index is -0.293. The van der Waals surface area contributed by atoms with Crippen LogP contribution in [0.3, 0.4) is 0 Å². The molecule has 0 fully saturated rings. The summed E-state index contributed by atoms with van der Waals surface area (Å²) in [6.07, 6.45) is 0.688. The Bertz CT molecular complexity index is 1110. The van der Waals surface area contributed by atoms with E-state index in [1.54, 1.807) is 26.4 Å². The Morgan fingerprint density at radius 2 is 1.69 bits per heavy atom. The van der Waals surface area contributed by atoms with Crippen molar-refractivity contribution in [1.82, 2.24) is 19.6 Å². The summed E-state index contributed by atoms with van der Waals surface area (Å²) in [7, 11) is 3.18. The first-order valence-electron chi connectivity index (χ1n) is 8.22. The van der Waals surface area contributed by atoms with Crippen LogP contribution in [0, 0.1) is 5.82 Å². The van der Waals surface area contributed by atoms with Gasteiger partial charge in [-0.1, -0.05) is 6.92 Å². The van der Waals surface area contributed by atoms with Gasteiger partial charge in [0.05, 0.1) is 19.7 Å². The summed E-state index contributed by atoms with van der Waals surface area (Å²) < 4.78 is 25.9. The Balaban J connectivity index is 2.06. The van der Waals surface area contributed by atoms with Gasteiger partial charge in [-0.15, -0.1) is 10.2 Å². The maximum atomic E-state index is 13.3. The van der Waals surface area contributed by atoms with Crippen LogP contribution in [-0.2, 0) is 6.42 Å². The van der Waals surface area contributed by atoms with Gasteiger partial charge < -0.3 is 9.47 Å². The third-order valence-corrected chi connectivity index (χ3v) is 4.33. The summed E-state index contributed by atoms with van der Waals surface area (Å²) in [5.41, 5.74) is 2.20. The number of aromatic nitrogens is 4. The Labute approximate surface area is 149 Å². The first kappa shape index (κ1) is 16.3. The lowest BCUT2D eigenvalue weighted by atomic mass is 10.2. The monoisotopic (exact) mass is 352 g/mol. The lowest BCUT2D eigenvalue weighted by Crippen LogP contribution is -2.03. The fourth-order valence-corrected chi connectivity index (χ4v) is 3.06. The van der Waals surface area contributed by atoms with Crippen molar-refractivity contribution < 1.29 is 13.9 Å². The van der Waals surface area contributed by atoms with Crippen LogP contribution < -0.4 is 9.47 Å². The zero-order valence-corrected chi connectivity index (χ0v) is 14.7. The number of fused-ring (bicyclic) bond motifs is 3. The van der Waals surface area contributed by atoms with Crippen molar-refractivity contribution >= 4 is 16.6 Å². The fourth-order valence-electron chi connectivity index (χ4n) is 3.06. The number of ether oxygens (including phenoxy) is 2. The molecule has 0 N–H and O–H groups in total. The first-order chi connectivity index (χ1) is 12.7. The minimum Gasteiger partial charge on any atom is -0.493 e. The molecule has 0 saturated carbocycles. The minimum absolute atomic E-state index is 0.293. The average molecular weight is 352 g/mol. The molecule has 2 aromatic carbocycles. The van der Waals surface area contributed by atoms with E-state index in [1.807, 2.05) is 23.5 Å². The predicted octanol–water partition coefficient (Wildman–Crippen LogP) is 3.66. The van der Waals surface area contributed by atoms with Crippen molar-refractivity contribution in [3.05, 3.63) is 48.0 Å². The van der Waals surface area contributed by atoms with E-state index in [-0.39, 0.29) is 5.82 Å². The number of halogens is 1. The maximum absolute atomic E-state index is 13.3. The smallest absolute Gasteiger partial charge is 0.172 e. The molecule has 0 amide bonds. The Morgan fingerprint density at radius 3 is 2.35 bits per heavy atom. The molecular weight excluding hydrogens is 335 g/mol. The normalized spacial score (nSPS) is 11.2. The number of hydrogen-bond donors (Lipinski definition) is 0. The summed E-state index contributed by atoms with van der Waals surface area (Å²) in [5, 5.41) is 9.50. The highest BCUT2D eigenvalue weighted by Crippen LogP contribution is 2.34. The van der Waals surface area contributed by atoms with E-state index in [9.17, 15) is 4.39 Å². The molecule has 7 heteroatoms. The van der Waals surface area contributed by atoms with Gasteiger partial charge in [-0.3, -0.25) is 4.40 Å². The van der Waals surface area contributed by atoms with Gasteiger partial charge in [-0.2, -0.15) is 0 Å². The molecule has 2 heterocycles. The second-order valence-corrected chi connectivity index (χ2v) is 5.80. The second kappa shape index (κ2) is 6.25. The Morgan fingerprint density at radius 1 is 1.00 bits per heavy atom. The number of benzene rings is 2. The number of aryl methyl sites for hydroxylation is 1. The van der Waals surface area contributed by atoms with E-state index in [1.165, 1.54) is 12.1 Å². The average Bonchev–Trinajstić information content (AvgIpc) is 3.12. The SMILES string of the molecule is CCc1nc2cc(OC)c(OC)cc2c2nnc(-c3ccc(F)cc3)n12. The van der Waals surface area contributed by atoms with Crippen molar-refractivity contribution in [3.8, 4) is 22.9 Å². The van der Waals surface area contributed by atoms with Crippen LogP contribution in [0.2, 0.25) is 0 Å². The van der Waals surface area contributed by atoms with Gasteiger partial charge in [-0.25, -0.2) is 9.37 Å². The van der Waals surface area contributed by atoms with Gasteiger partial charge in [0.1, 0.15) is 11.6 Å². The molecule has 0 unspecified atom stereocenters. The summed E-state index contributed by atoms with van der Waals surface area (Å²) in [6.45, 7) is 2.02. The van der Waals surface area contributed by atoms with Crippen molar-refractivity contribution in [2.24, 2.45) is 0 Å². The molecule has 26 heavy (non-hydrogen) atoms. The van der Waals surface area contributed by atoms with Crippen molar-refractivity contribution in [2.75, 3.05) is 14.2 Å². The predicted molar refractivity (Wildman–Crippen MR) is 96.2 cm³/mol. The van der Waals surface area contributed by atoms with Crippen LogP contribution in [-0.4, -0.2) is 33.8 Å². The molecule has 0 saturated heterocycles. The first-order valence-corrected chi connectivity index (χ1v) is 8.22. The summed E-state index contributed by atoms with van der Waals surface area (Å²) >= 11 is 0. The molecule has 0 bridgehead atoms. The summed E-state index contributed by atoms with van der Waals surface area (Å²) in [4.78, 5) is 4.76. The van der Waals surface area contributed by atoms with E-state index in [0.29, 0.717) is 29.4 Å². The van der Waals surface area contributed by atoms with Gasteiger partial charge >= 0.3 is 0 Å². The van der Waals surface area contributed by atoms with E-state index < -0.39 is 0 Å². The van der Waals surface area contributed by atoms with Gasteiger partial charge in [0.15, 0.2) is 23.0 Å². The Hall–Kier alpha value is -3.22. The molecule has 0 radical (unpaired) electrons. The largest absolute Gasteiger partial charge is 0.493 e. The lowest BCUT2D eigenvalue weighted by Gasteiger charge is -2.12. The molecule has 2 aromatic heterocycles. The number of hydrogen-bond acceptors (Lipinski definition) is 5. The summed E-state index contributed by atoms with van der Waals surface area (Å²) in [5.74, 6) is 2.35. The molecular formula is C19H17FN4O2. The topological polar surface area (TPSA) is 61.5 Å². The molecule has 132 valence electrons. The zero-order chi connectivity index (χ0) is 18.3.